The van der Waals surface area contributed by atoms with E-state index in [4.69, 9.17) is 4.74 Å². The average Bonchev–Trinajstić information content (AvgIpc) is 3.20. The number of aliphatic hydroxyl groups excluding tert-OH is 1. The molecule has 1 aliphatic rings. The molecule has 9 nitrogen and oxygen atoms in total. The molecular formula is C15H21N5O4. The maximum Gasteiger partial charge on any atom is 0.280 e. The summed E-state index contributed by atoms with van der Waals surface area (Å²) < 4.78 is 7.38. The minimum absolute atomic E-state index is 0.0483. The Bertz CT molecular complexity index is 799. The monoisotopic (exact) mass is 335 g/mol. The largest absolute Gasteiger partial charge is 0.394 e. The molecule has 0 radical (unpaired) electrons. The minimum atomic E-state index is -0.421. The first-order chi connectivity index (χ1) is 11.5. The first kappa shape index (κ1) is 16.6. The maximum absolute atomic E-state index is 12.2. The third-order valence-corrected chi connectivity index (χ3v) is 4.33. The number of nitrogens with one attached hydrogen (secondary N) is 2. The molecule has 9 heteroatoms. The van der Waals surface area contributed by atoms with E-state index in [1.165, 1.54) is 6.33 Å². The van der Waals surface area contributed by atoms with Gasteiger partial charge in [0.25, 0.3) is 5.56 Å². The van der Waals surface area contributed by atoms with Gasteiger partial charge in [-0.05, 0) is 19.3 Å². The van der Waals surface area contributed by atoms with Crippen molar-refractivity contribution in [2.75, 3.05) is 11.9 Å². The summed E-state index contributed by atoms with van der Waals surface area (Å²) in [6, 6.07) is 0. The van der Waals surface area contributed by atoms with Crippen LogP contribution in [-0.2, 0) is 9.53 Å². The minimum Gasteiger partial charge on any atom is -0.394 e. The van der Waals surface area contributed by atoms with Crippen LogP contribution >= 0.6 is 0 Å². The van der Waals surface area contributed by atoms with Gasteiger partial charge in [-0.1, -0.05) is 13.8 Å². The van der Waals surface area contributed by atoms with Crippen molar-refractivity contribution in [2.45, 2.75) is 45.4 Å². The van der Waals surface area contributed by atoms with Crippen LogP contribution in [-0.4, -0.2) is 43.2 Å². The van der Waals surface area contributed by atoms with Crippen molar-refractivity contribution in [1.29, 1.82) is 0 Å². The second kappa shape index (κ2) is 6.70. The number of nitrogens with zero attached hydrogens (tertiary/aromatic N) is 3. The van der Waals surface area contributed by atoms with E-state index >= 15 is 0 Å². The molecule has 3 heterocycles. The molecule has 3 atom stereocenters. The van der Waals surface area contributed by atoms with Crippen molar-refractivity contribution in [3.63, 3.8) is 0 Å². The number of amides is 1. The van der Waals surface area contributed by atoms with E-state index in [1.807, 2.05) is 6.92 Å². The predicted molar refractivity (Wildman–Crippen MR) is 86.5 cm³/mol. The molecule has 3 unspecified atom stereocenters. The lowest BCUT2D eigenvalue weighted by atomic mass is 10.1. The molecule has 0 saturated carbocycles. The Balaban J connectivity index is 1.93. The van der Waals surface area contributed by atoms with E-state index in [-0.39, 0.29) is 42.2 Å². The summed E-state index contributed by atoms with van der Waals surface area (Å²) in [7, 11) is 0. The topological polar surface area (TPSA) is 122 Å². The smallest absolute Gasteiger partial charge is 0.280 e. The number of carbonyl (C=O) groups is 1. The van der Waals surface area contributed by atoms with Crippen LogP contribution in [0.5, 0.6) is 0 Å². The molecule has 1 aliphatic heterocycles. The van der Waals surface area contributed by atoms with Gasteiger partial charge in [0.05, 0.1) is 19.0 Å². The number of H-pyrrole nitrogens is 1. The zero-order valence-electron chi connectivity index (χ0n) is 13.7. The number of hydrogen-bond donors (Lipinski definition) is 3. The van der Waals surface area contributed by atoms with E-state index in [2.05, 4.69) is 20.3 Å². The first-order valence-corrected chi connectivity index (χ1v) is 8.07. The van der Waals surface area contributed by atoms with Gasteiger partial charge in [-0.15, -0.1) is 0 Å². The van der Waals surface area contributed by atoms with Crippen molar-refractivity contribution in [3.8, 4) is 0 Å². The van der Waals surface area contributed by atoms with Gasteiger partial charge in [-0.2, -0.15) is 4.98 Å². The number of imidazole rings is 1. The molecule has 24 heavy (non-hydrogen) atoms. The summed E-state index contributed by atoms with van der Waals surface area (Å²) in [5, 5.41) is 11.8. The Morgan fingerprint density at radius 3 is 3.04 bits per heavy atom. The third-order valence-electron chi connectivity index (χ3n) is 4.33. The standard InChI is InChI=1S/C15H21N5O4/c1-3-8(2)13(22)18-15-17-12-11(14(23)19-15)16-7-20(12)10-5-4-9(6-21)24-10/h7-10,21H,3-6H2,1-2H3,(H2,17,18,19,22,23). The van der Waals surface area contributed by atoms with Crippen LogP contribution in [0.15, 0.2) is 11.1 Å². The van der Waals surface area contributed by atoms with Gasteiger partial charge in [0.2, 0.25) is 11.9 Å². The number of fused-ring (bicyclic) bond motifs is 1. The molecule has 3 rings (SSSR count). The summed E-state index contributed by atoms with van der Waals surface area (Å²) in [6.07, 6.45) is 3.05. The Labute approximate surface area is 138 Å². The number of rotatable bonds is 5. The number of aromatic nitrogens is 4. The highest BCUT2D eigenvalue weighted by Gasteiger charge is 2.28. The quantitative estimate of drug-likeness (QED) is 0.742. The van der Waals surface area contributed by atoms with Gasteiger partial charge in [0.1, 0.15) is 6.23 Å². The van der Waals surface area contributed by atoms with Crippen LogP contribution < -0.4 is 10.9 Å². The Hall–Kier alpha value is -2.26. The summed E-state index contributed by atoms with van der Waals surface area (Å²) in [4.78, 5) is 35.1. The van der Waals surface area contributed by atoms with E-state index in [1.54, 1.807) is 11.5 Å². The fourth-order valence-electron chi connectivity index (χ4n) is 2.65. The molecule has 3 N–H and O–H groups in total. The molecule has 0 aliphatic carbocycles. The number of anilines is 1. The second-order valence-corrected chi connectivity index (χ2v) is 6.01. The molecule has 1 amide bonds. The molecule has 0 aromatic carbocycles. The summed E-state index contributed by atoms with van der Waals surface area (Å²) in [6.45, 7) is 3.67. The summed E-state index contributed by atoms with van der Waals surface area (Å²) in [5.41, 5.74) is 0.115. The Morgan fingerprint density at radius 2 is 2.38 bits per heavy atom. The predicted octanol–water partition coefficient (Wildman–Crippen LogP) is 0.774. The lowest BCUT2D eigenvalue weighted by molar-refractivity contribution is -0.119. The lowest BCUT2D eigenvalue weighted by Crippen LogP contribution is -2.23. The number of ether oxygens (including phenoxy) is 1. The van der Waals surface area contributed by atoms with Crippen LogP contribution in [0.1, 0.15) is 39.3 Å². The van der Waals surface area contributed by atoms with Gasteiger partial charge in [-0.3, -0.25) is 24.5 Å². The Kier molecular flexibility index (Phi) is 4.63. The highest BCUT2D eigenvalue weighted by Crippen LogP contribution is 2.29. The van der Waals surface area contributed by atoms with Crippen molar-refractivity contribution >= 4 is 23.0 Å². The van der Waals surface area contributed by atoms with E-state index in [9.17, 15) is 14.7 Å². The zero-order valence-corrected chi connectivity index (χ0v) is 13.7. The van der Waals surface area contributed by atoms with Crippen LogP contribution in [0.2, 0.25) is 0 Å². The third kappa shape index (κ3) is 3.04. The number of aliphatic hydroxyl groups is 1. The number of carbonyl (C=O) groups excluding carboxylic acids is 1. The SMILES string of the molecule is CCC(C)C(=O)Nc1nc2c(ncn2C2CCC(CO)O2)c(=O)[nH]1. The molecule has 1 fully saturated rings. The average molecular weight is 335 g/mol. The van der Waals surface area contributed by atoms with E-state index in [0.29, 0.717) is 18.5 Å². The van der Waals surface area contributed by atoms with Gasteiger partial charge >= 0.3 is 0 Å². The van der Waals surface area contributed by atoms with Gasteiger partial charge in [0.15, 0.2) is 11.2 Å². The fraction of sp³-hybridized carbons (Fsp3) is 0.600. The van der Waals surface area contributed by atoms with Gasteiger partial charge < -0.3 is 9.84 Å². The highest BCUT2D eigenvalue weighted by molar-refractivity contribution is 5.91. The molecule has 0 bridgehead atoms. The first-order valence-electron chi connectivity index (χ1n) is 8.07. The van der Waals surface area contributed by atoms with E-state index in [0.717, 1.165) is 6.42 Å². The van der Waals surface area contributed by atoms with Crippen LogP contribution in [0.4, 0.5) is 5.95 Å². The van der Waals surface area contributed by atoms with Gasteiger partial charge in [-0.25, -0.2) is 4.98 Å². The lowest BCUT2D eigenvalue weighted by Gasteiger charge is -2.14. The molecular weight excluding hydrogens is 314 g/mol. The van der Waals surface area contributed by atoms with Crippen molar-refractivity contribution in [1.82, 2.24) is 19.5 Å². The van der Waals surface area contributed by atoms with Crippen molar-refractivity contribution in [2.24, 2.45) is 5.92 Å². The van der Waals surface area contributed by atoms with Gasteiger partial charge in [0, 0.05) is 5.92 Å². The number of aromatic amines is 1. The zero-order chi connectivity index (χ0) is 17.3. The molecule has 2 aromatic heterocycles. The maximum atomic E-state index is 12.2. The van der Waals surface area contributed by atoms with E-state index < -0.39 is 5.56 Å². The van der Waals surface area contributed by atoms with Crippen molar-refractivity contribution < 1.29 is 14.6 Å². The molecule has 2 aromatic rings. The number of hydrogen-bond acceptors (Lipinski definition) is 6. The molecule has 0 spiro atoms. The summed E-state index contributed by atoms with van der Waals surface area (Å²) >= 11 is 0. The van der Waals surface area contributed by atoms with Crippen molar-refractivity contribution in [3.05, 3.63) is 16.7 Å². The molecule has 130 valence electrons. The fourth-order valence-corrected chi connectivity index (χ4v) is 2.65. The van der Waals surface area contributed by atoms with Crippen LogP contribution in [0.25, 0.3) is 11.2 Å². The highest BCUT2D eigenvalue weighted by atomic mass is 16.5. The normalized spacial score (nSPS) is 22.0. The van der Waals surface area contributed by atoms with Crippen LogP contribution in [0.3, 0.4) is 0 Å². The van der Waals surface area contributed by atoms with Crippen LogP contribution in [0, 0.1) is 5.92 Å². The second-order valence-electron chi connectivity index (χ2n) is 6.01. The molecule has 1 saturated heterocycles. The Morgan fingerprint density at radius 1 is 1.58 bits per heavy atom. The summed E-state index contributed by atoms with van der Waals surface area (Å²) in [5.74, 6) is -0.292.